The van der Waals surface area contributed by atoms with Crippen molar-refractivity contribution in [2.24, 2.45) is 0 Å². The number of methoxy groups -OCH3 is 1. The van der Waals surface area contributed by atoms with Crippen molar-refractivity contribution < 1.29 is 35.1 Å². The molecule has 0 saturated heterocycles. The molecule has 0 radical (unpaired) electrons. The van der Waals surface area contributed by atoms with E-state index in [0.29, 0.717) is 18.0 Å². The molecular weight excluding hydrogens is 357 g/mol. The highest BCUT2D eigenvalue weighted by molar-refractivity contribution is 5.92. The van der Waals surface area contributed by atoms with E-state index in [0.717, 1.165) is 17.7 Å². The third-order valence-corrected chi connectivity index (χ3v) is 3.29. The Morgan fingerprint density at radius 3 is 2.32 bits per heavy atom. The van der Waals surface area contributed by atoms with Gasteiger partial charge in [0.25, 0.3) is 0 Å². The third-order valence-electron chi connectivity index (χ3n) is 3.29. The van der Waals surface area contributed by atoms with Crippen molar-refractivity contribution in [3.05, 3.63) is 59.7 Å². The molecule has 0 aromatic heterocycles. The highest BCUT2D eigenvalue weighted by Gasteiger charge is 2.29. The van der Waals surface area contributed by atoms with Crippen LogP contribution in [0.5, 0.6) is 5.75 Å². The lowest BCUT2D eigenvalue weighted by Gasteiger charge is -2.10. The molecule has 2 aromatic rings. The average molecular weight is 374 g/mol. The van der Waals surface area contributed by atoms with Gasteiger partial charge >= 0.3 is 6.18 Å². The van der Waals surface area contributed by atoms with Gasteiger partial charge in [-0.25, -0.2) is 0 Å². The van der Waals surface area contributed by atoms with Crippen LogP contribution in [0.15, 0.2) is 48.5 Å². The summed E-state index contributed by atoms with van der Waals surface area (Å²) in [6.45, 7) is 0.462. The number of anilines is 1. The quantitative estimate of drug-likeness (QED) is 0.773. The average Bonchev–Trinajstić information content (AvgIpc) is 2.55. The molecule has 8 heteroatoms. The predicted octanol–water partition coefficient (Wildman–Crippen LogP) is 0.446. The molecule has 0 aliphatic carbocycles. The van der Waals surface area contributed by atoms with Gasteiger partial charge in [0.2, 0.25) is 5.91 Å². The van der Waals surface area contributed by atoms with Crippen molar-refractivity contribution in [3.8, 4) is 5.75 Å². The first kappa shape index (κ1) is 20.8. The summed E-state index contributed by atoms with van der Waals surface area (Å²) in [4.78, 5) is 11.8. The lowest BCUT2D eigenvalue weighted by molar-refractivity contribution is -0.137. The van der Waals surface area contributed by atoms with E-state index in [1.54, 1.807) is 7.11 Å². The fourth-order valence-corrected chi connectivity index (χ4v) is 2.11. The van der Waals surface area contributed by atoms with E-state index in [4.69, 9.17) is 4.74 Å². The highest BCUT2D eigenvalue weighted by atomic mass is 35.5. The number of hydrogen-bond donors (Lipinski definition) is 2. The molecule has 0 bridgehead atoms. The number of nitrogens with one attached hydrogen (secondary N) is 2. The molecule has 0 unspecified atom stereocenters. The summed E-state index contributed by atoms with van der Waals surface area (Å²) in [6.07, 6.45) is -4.39. The second-order valence-corrected chi connectivity index (χ2v) is 5.04. The molecule has 0 heterocycles. The third kappa shape index (κ3) is 6.28. The summed E-state index contributed by atoms with van der Waals surface area (Å²) in [7, 11) is 1.57. The SMILES string of the molecule is COc1ccccc1CNCC(=O)Nc1ccc(C(F)(F)F)cc1.[Cl-]. The van der Waals surface area contributed by atoms with Gasteiger partial charge in [0, 0.05) is 17.8 Å². The maximum Gasteiger partial charge on any atom is 0.416 e. The first-order chi connectivity index (χ1) is 11.4. The zero-order valence-electron chi connectivity index (χ0n) is 13.4. The number of alkyl halides is 3. The van der Waals surface area contributed by atoms with Crippen LogP contribution >= 0.6 is 0 Å². The van der Waals surface area contributed by atoms with E-state index in [-0.39, 0.29) is 24.9 Å². The van der Waals surface area contributed by atoms with Crippen LogP contribution in [0.2, 0.25) is 0 Å². The molecular formula is C17H17ClF3N2O2-. The Hall–Kier alpha value is -2.25. The van der Waals surface area contributed by atoms with E-state index in [1.807, 2.05) is 24.3 Å². The maximum absolute atomic E-state index is 12.5. The Bertz CT molecular complexity index is 691. The summed E-state index contributed by atoms with van der Waals surface area (Å²) in [5.41, 5.74) is 0.462. The number of carbonyl (C=O) groups is 1. The van der Waals surface area contributed by atoms with E-state index in [2.05, 4.69) is 10.6 Å². The summed E-state index contributed by atoms with van der Waals surface area (Å²) in [6, 6.07) is 11.7. The van der Waals surface area contributed by atoms with Gasteiger partial charge in [-0.05, 0) is 30.3 Å². The fourth-order valence-electron chi connectivity index (χ4n) is 2.11. The van der Waals surface area contributed by atoms with Gasteiger partial charge in [-0.2, -0.15) is 13.2 Å². The standard InChI is InChI=1S/C17H17F3N2O2.ClH/c1-24-15-5-3-2-4-12(15)10-21-11-16(23)22-14-8-6-13(7-9-14)17(18,19)20;/h2-9,21H,10-11H2,1H3,(H,22,23);1H/p-1. The Kier molecular flexibility index (Phi) is 7.73. The minimum Gasteiger partial charge on any atom is -1.00 e. The van der Waals surface area contributed by atoms with Crippen LogP contribution in [-0.2, 0) is 17.5 Å². The molecule has 2 aromatic carbocycles. The second kappa shape index (κ2) is 9.29. The number of para-hydroxylation sites is 1. The number of halogens is 4. The first-order valence-electron chi connectivity index (χ1n) is 7.20. The summed E-state index contributed by atoms with van der Waals surface area (Å²) in [5, 5.41) is 5.50. The zero-order chi connectivity index (χ0) is 17.6. The van der Waals surface area contributed by atoms with Crippen molar-refractivity contribution in [2.75, 3.05) is 19.0 Å². The van der Waals surface area contributed by atoms with Crippen LogP contribution in [0.4, 0.5) is 18.9 Å². The molecule has 0 saturated carbocycles. The minimum atomic E-state index is -4.39. The van der Waals surface area contributed by atoms with E-state index in [9.17, 15) is 18.0 Å². The summed E-state index contributed by atoms with van der Waals surface area (Å²) < 4.78 is 42.6. The number of hydrogen-bond acceptors (Lipinski definition) is 3. The Morgan fingerprint density at radius 1 is 1.08 bits per heavy atom. The molecule has 2 N–H and O–H groups in total. The Balaban J connectivity index is 0.00000312. The molecule has 25 heavy (non-hydrogen) atoms. The maximum atomic E-state index is 12.5. The largest absolute Gasteiger partial charge is 1.00 e. The van der Waals surface area contributed by atoms with E-state index >= 15 is 0 Å². The molecule has 0 aliphatic heterocycles. The van der Waals surface area contributed by atoms with Crippen LogP contribution in [0, 0.1) is 0 Å². The van der Waals surface area contributed by atoms with Crippen molar-refractivity contribution in [2.45, 2.75) is 12.7 Å². The molecule has 2 rings (SSSR count). The first-order valence-corrected chi connectivity index (χ1v) is 7.20. The normalized spacial score (nSPS) is 10.7. The molecule has 4 nitrogen and oxygen atoms in total. The van der Waals surface area contributed by atoms with Crippen molar-refractivity contribution in [3.63, 3.8) is 0 Å². The van der Waals surface area contributed by atoms with Gasteiger partial charge < -0.3 is 27.8 Å². The van der Waals surface area contributed by atoms with Gasteiger partial charge in [-0.15, -0.1) is 0 Å². The van der Waals surface area contributed by atoms with Crippen molar-refractivity contribution >= 4 is 11.6 Å². The van der Waals surface area contributed by atoms with Crippen LogP contribution in [0.1, 0.15) is 11.1 Å². The van der Waals surface area contributed by atoms with Gasteiger partial charge in [-0.1, -0.05) is 18.2 Å². The second-order valence-electron chi connectivity index (χ2n) is 5.04. The minimum absolute atomic E-state index is 0. The number of amides is 1. The predicted molar refractivity (Wildman–Crippen MR) is 84.8 cm³/mol. The van der Waals surface area contributed by atoms with Gasteiger partial charge in [0.05, 0.1) is 19.2 Å². The molecule has 0 aliphatic rings. The van der Waals surface area contributed by atoms with Crippen molar-refractivity contribution in [1.29, 1.82) is 0 Å². The topological polar surface area (TPSA) is 50.4 Å². The fraction of sp³-hybridized carbons (Fsp3) is 0.235. The number of rotatable bonds is 6. The highest BCUT2D eigenvalue weighted by Crippen LogP contribution is 2.29. The van der Waals surface area contributed by atoms with Crippen molar-refractivity contribution in [1.82, 2.24) is 5.32 Å². The molecule has 0 atom stereocenters. The monoisotopic (exact) mass is 373 g/mol. The lowest BCUT2D eigenvalue weighted by atomic mass is 10.2. The number of ether oxygens (including phenoxy) is 1. The summed E-state index contributed by atoms with van der Waals surface area (Å²) >= 11 is 0. The zero-order valence-corrected chi connectivity index (χ0v) is 14.1. The number of carbonyl (C=O) groups excluding carboxylic acids is 1. The van der Waals surface area contributed by atoms with Gasteiger partial charge in [0.15, 0.2) is 0 Å². The Labute approximate surface area is 149 Å². The molecule has 136 valence electrons. The molecule has 0 fully saturated rings. The van der Waals surface area contributed by atoms with Gasteiger partial charge in [-0.3, -0.25) is 4.79 Å². The van der Waals surface area contributed by atoms with Gasteiger partial charge in [0.1, 0.15) is 5.75 Å². The van der Waals surface area contributed by atoms with Crippen LogP contribution in [0.3, 0.4) is 0 Å². The lowest BCUT2D eigenvalue weighted by Crippen LogP contribution is -3.00. The molecule has 1 amide bonds. The number of benzene rings is 2. The smallest absolute Gasteiger partial charge is 0.416 e. The summed E-state index contributed by atoms with van der Waals surface area (Å²) in [5.74, 6) is 0.373. The van der Waals surface area contributed by atoms with Crippen LogP contribution < -0.4 is 27.8 Å². The van der Waals surface area contributed by atoms with E-state index in [1.165, 1.54) is 12.1 Å². The van der Waals surface area contributed by atoms with Crippen LogP contribution in [0.25, 0.3) is 0 Å². The molecule has 0 spiro atoms. The Morgan fingerprint density at radius 2 is 1.72 bits per heavy atom. The van der Waals surface area contributed by atoms with E-state index < -0.39 is 11.7 Å². The van der Waals surface area contributed by atoms with Crippen LogP contribution in [-0.4, -0.2) is 19.6 Å².